The van der Waals surface area contributed by atoms with Crippen molar-refractivity contribution in [1.29, 1.82) is 0 Å². The molecule has 1 rings (SSSR count). The second-order valence-electron chi connectivity index (χ2n) is 3.77. The summed E-state index contributed by atoms with van der Waals surface area (Å²) in [5.74, 6) is 0.416. The highest BCUT2D eigenvalue weighted by atomic mass is 79.9. The number of halogens is 1. The minimum absolute atomic E-state index is 0.0849. The van der Waals surface area contributed by atoms with E-state index in [4.69, 9.17) is 10.2 Å². The van der Waals surface area contributed by atoms with Crippen molar-refractivity contribution in [3.05, 3.63) is 28.6 Å². The Hall–Kier alpha value is -0.630. The molecule has 2 N–H and O–H groups in total. The second kappa shape index (κ2) is 5.34. The molecular weight excluding hydrogens is 308 g/mol. The Morgan fingerprint density at radius 1 is 1.65 bits per heavy atom. The fourth-order valence-corrected chi connectivity index (χ4v) is 3.49. The van der Waals surface area contributed by atoms with E-state index in [1.807, 2.05) is 0 Å². The molecule has 0 aliphatic carbocycles. The Labute approximate surface area is 109 Å². The minimum atomic E-state index is -3.58. The van der Waals surface area contributed by atoms with Gasteiger partial charge in [0.2, 0.25) is 10.0 Å². The molecule has 0 spiro atoms. The molecule has 7 heteroatoms. The van der Waals surface area contributed by atoms with Crippen LogP contribution in [0.15, 0.2) is 32.2 Å². The predicted molar refractivity (Wildman–Crippen MR) is 68.9 cm³/mol. The molecule has 96 valence electrons. The lowest BCUT2D eigenvalue weighted by Gasteiger charge is -2.15. The van der Waals surface area contributed by atoms with Gasteiger partial charge in [-0.1, -0.05) is 12.2 Å². The smallest absolute Gasteiger partial charge is 0.247 e. The van der Waals surface area contributed by atoms with E-state index >= 15 is 0 Å². The molecule has 0 aromatic carbocycles. The number of furan rings is 1. The van der Waals surface area contributed by atoms with Crippen molar-refractivity contribution < 1.29 is 12.8 Å². The van der Waals surface area contributed by atoms with E-state index < -0.39 is 10.0 Å². The summed E-state index contributed by atoms with van der Waals surface area (Å²) in [5.41, 5.74) is 6.15. The van der Waals surface area contributed by atoms with Crippen molar-refractivity contribution in [2.24, 2.45) is 5.73 Å². The summed E-state index contributed by atoms with van der Waals surface area (Å²) in [7, 11) is -2.09. The molecule has 1 heterocycles. The highest BCUT2D eigenvalue weighted by Crippen LogP contribution is 2.28. The van der Waals surface area contributed by atoms with Crippen LogP contribution in [0, 0.1) is 0 Å². The standard InChI is InChI=1S/C10H15BrN2O3S/c1-7(2)6-13(3)17(14,15)9-4-8(5-12)16-10(9)11/h4H,1,5-6,12H2,2-3H3. The first-order valence-electron chi connectivity index (χ1n) is 4.88. The molecule has 1 aromatic rings. The first-order chi connectivity index (χ1) is 7.78. The zero-order chi connectivity index (χ0) is 13.2. The molecule has 0 saturated carbocycles. The maximum Gasteiger partial charge on any atom is 0.247 e. The van der Waals surface area contributed by atoms with Crippen LogP contribution in [0.5, 0.6) is 0 Å². The van der Waals surface area contributed by atoms with Gasteiger partial charge in [0.05, 0.1) is 6.54 Å². The Bertz CT molecular complexity index is 522. The third-order valence-corrected chi connectivity index (χ3v) is 4.75. The average Bonchev–Trinajstić information content (AvgIpc) is 2.59. The van der Waals surface area contributed by atoms with Crippen LogP contribution in [0.2, 0.25) is 0 Å². The van der Waals surface area contributed by atoms with Crippen LogP contribution in [0.1, 0.15) is 12.7 Å². The fraction of sp³-hybridized carbons (Fsp3) is 0.400. The fourth-order valence-electron chi connectivity index (χ4n) is 1.31. The van der Waals surface area contributed by atoms with Gasteiger partial charge in [0, 0.05) is 19.7 Å². The first-order valence-corrected chi connectivity index (χ1v) is 7.11. The topological polar surface area (TPSA) is 76.5 Å². The third-order valence-electron chi connectivity index (χ3n) is 2.09. The number of hydrogen-bond acceptors (Lipinski definition) is 4. The normalized spacial score (nSPS) is 12.1. The number of rotatable bonds is 5. The van der Waals surface area contributed by atoms with Gasteiger partial charge in [-0.3, -0.25) is 0 Å². The highest BCUT2D eigenvalue weighted by Gasteiger charge is 2.26. The zero-order valence-electron chi connectivity index (χ0n) is 9.73. The van der Waals surface area contributed by atoms with Crippen molar-refractivity contribution in [3.63, 3.8) is 0 Å². The third kappa shape index (κ3) is 3.19. The second-order valence-corrected chi connectivity index (χ2v) is 6.51. The van der Waals surface area contributed by atoms with E-state index in [0.29, 0.717) is 5.76 Å². The molecular formula is C10H15BrN2O3S. The van der Waals surface area contributed by atoms with Gasteiger partial charge >= 0.3 is 0 Å². The van der Waals surface area contributed by atoms with E-state index in [1.54, 1.807) is 6.92 Å². The molecule has 0 radical (unpaired) electrons. The Morgan fingerprint density at radius 2 is 2.24 bits per heavy atom. The van der Waals surface area contributed by atoms with Crippen molar-refractivity contribution >= 4 is 26.0 Å². The molecule has 0 fully saturated rings. The molecule has 0 amide bonds. The van der Waals surface area contributed by atoms with E-state index in [0.717, 1.165) is 5.57 Å². The molecule has 5 nitrogen and oxygen atoms in total. The summed E-state index contributed by atoms with van der Waals surface area (Å²) in [6, 6.07) is 1.42. The van der Waals surface area contributed by atoms with E-state index in [-0.39, 0.29) is 22.7 Å². The maximum atomic E-state index is 12.2. The molecule has 0 bridgehead atoms. The Morgan fingerprint density at radius 3 is 2.65 bits per heavy atom. The van der Waals surface area contributed by atoms with Crippen LogP contribution >= 0.6 is 15.9 Å². The summed E-state index contributed by atoms with van der Waals surface area (Å²) in [6.07, 6.45) is 0. The SMILES string of the molecule is C=C(C)CN(C)S(=O)(=O)c1cc(CN)oc1Br. The molecule has 0 saturated heterocycles. The number of hydrogen-bond donors (Lipinski definition) is 1. The summed E-state index contributed by atoms with van der Waals surface area (Å²) >= 11 is 3.08. The molecule has 1 aromatic heterocycles. The van der Waals surface area contributed by atoms with E-state index in [9.17, 15) is 8.42 Å². The van der Waals surface area contributed by atoms with Crippen LogP contribution in [0.3, 0.4) is 0 Å². The maximum absolute atomic E-state index is 12.2. The van der Waals surface area contributed by atoms with Gasteiger partial charge in [-0.25, -0.2) is 8.42 Å². The number of sulfonamides is 1. The van der Waals surface area contributed by atoms with Crippen LogP contribution in [-0.4, -0.2) is 26.3 Å². The van der Waals surface area contributed by atoms with Crippen LogP contribution in [-0.2, 0) is 16.6 Å². The summed E-state index contributed by atoms with van der Waals surface area (Å²) < 4.78 is 30.9. The average molecular weight is 323 g/mol. The van der Waals surface area contributed by atoms with Gasteiger partial charge in [-0.05, 0) is 22.9 Å². The molecule has 0 aliphatic heterocycles. The number of nitrogens with two attached hydrogens (primary N) is 1. The number of likely N-dealkylation sites (N-methyl/N-ethyl adjacent to an activating group) is 1. The van der Waals surface area contributed by atoms with Crippen LogP contribution < -0.4 is 5.73 Å². The minimum Gasteiger partial charge on any atom is -0.452 e. The number of nitrogens with zero attached hydrogens (tertiary/aromatic N) is 1. The van der Waals surface area contributed by atoms with E-state index in [2.05, 4.69) is 22.5 Å². The summed E-state index contributed by atoms with van der Waals surface area (Å²) in [4.78, 5) is 0.0849. The van der Waals surface area contributed by atoms with E-state index in [1.165, 1.54) is 17.4 Å². The van der Waals surface area contributed by atoms with Gasteiger partial charge in [-0.15, -0.1) is 0 Å². The predicted octanol–water partition coefficient (Wildman–Crippen LogP) is 1.70. The van der Waals surface area contributed by atoms with Crippen LogP contribution in [0.4, 0.5) is 0 Å². The molecule has 0 atom stereocenters. The van der Waals surface area contributed by atoms with Gasteiger partial charge in [0.15, 0.2) is 4.67 Å². The molecule has 0 unspecified atom stereocenters. The van der Waals surface area contributed by atoms with Gasteiger partial charge in [0.25, 0.3) is 0 Å². The lowest BCUT2D eigenvalue weighted by molar-refractivity contribution is 0.473. The lowest BCUT2D eigenvalue weighted by atomic mass is 10.4. The largest absolute Gasteiger partial charge is 0.452 e. The zero-order valence-corrected chi connectivity index (χ0v) is 12.1. The quantitative estimate of drug-likeness (QED) is 0.837. The molecule has 17 heavy (non-hydrogen) atoms. The lowest BCUT2D eigenvalue weighted by Crippen LogP contribution is -2.28. The van der Waals surface area contributed by atoms with Gasteiger partial charge < -0.3 is 10.2 Å². The van der Waals surface area contributed by atoms with Crippen molar-refractivity contribution in [1.82, 2.24) is 4.31 Å². The van der Waals surface area contributed by atoms with Crippen molar-refractivity contribution in [2.45, 2.75) is 18.4 Å². The van der Waals surface area contributed by atoms with Gasteiger partial charge in [0.1, 0.15) is 10.7 Å². The van der Waals surface area contributed by atoms with Crippen molar-refractivity contribution in [3.8, 4) is 0 Å². The monoisotopic (exact) mass is 322 g/mol. The Kier molecular flexibility index (Phi) is 4.54. The highest BCUT2D eigenvalue weighted by molar-refractivity contribution is 9.10. The first kappa shape index (κ1) is 14.4. The summed E-state index contributed by atoms with van der Waals surface area (Å²) in [6.45, 7) is 5.86. The molecule has 0 aliphatic rings. The summed E-state index contributed by atoms with van der Waals surface area (Å²) in [5, 5.41) is 0. The van der Waals surface area contributed by atoms with Gasteiger partial charge in [-0.2, -0.15) is 4.31 Å². The Balaban J connectivity index is 3.12. The van der Waals surface area contributed by atoms with Crippen molar-refractivity contribution in [2.75, 3.05) is 13.6 Å². The van der Waals surface area contributed by atoms with Crippen LogP contribution in [0.25, 0.3) is 0 Å².